The number of carbonyl (C=O) groups is 1. The molecule has 0 bridgehead atoms. The summed E-state index contributed by atoms with van der Waals surface area (Å²) in [6, 6.07) is 2.19. The van der Waals surface area contributed by atoms with Crippen molar-refractivity contribution in [2.75, 3.05) is 11.9 Å². The zero-order valence-electron chi connectivity index (χ0n) is 12.2. The van der Waals surface area contributed by atoms with Gasteiger partial charge in [-0.25, -0.2) is 4.98 Å². The van der Waals surface area contributed by atoms with E-state index in [4.69, 9.17) is 11.6 Å². The molecule has 0 spiro atoms. The van der Waals surface area contributed by atoms with Crippen LogP contribution in [0.3, 0.4) is 0 Å². The van der Waals surface area contributed by atoms with E-state index in [2.05, 4.69) is 35.8 Å². The number of nitrogens with one attached hydrogen (secondary N) is 1. The largest absolute Gasteiger partial charge is 0.351 e. The number of alkyl halides is 1. The molecule has 5 nitrogen and oxygen atoms in total. The molecular weight excluding hydrogens is 368 g/mol. The normalized spacial score (nSPS) is 15.5. The van der Waals surface area contributed by atoms with Gasteiger partial charge in [0.15, 0.2) is 0 Å². The molecule has 2 heterocycles. The van der Waals surface area contributed by atoms with Gasteiger partial charge in [0.05, 0.1) is 0 Å². The van der Waals surface area contributed by atoms with Gasteiger partial charge in [-0.15, -0.1) is 0 Å². The summed E-state index contributed by atoms with van der Waals surface area (Å²) in [4.78, 5) is 20.9. The quantitative estimate of drug-likeness (QED) is 0.485. The number of aromatic nitrogens is 3. The van der Waals surface area contributed by atoms with Crippen molar-refractivity contribution in [1.29, 1.82) is 0 Å². The van der Waals surface area contributed by atoms with Crippen LogP contribution in [-0.2, 0) is 0 Å². The Morgan fingerprint density at radius 1 is 1.45 bits per heavy atom. The van der Waals surface area contributed by atoms with Gasteiger partial charge in [-0.2, -0.15) is 4.98 Å². The number of hydrogen-bond donors (Lipinski definition) is 1. The molecule has 3 rings (SSSR count). The summed E-state index contributed by atoms with van der Waals surface area (Å²) in [6.45, 7) is 0.655. The lowest BCUT2D eigenvalue weighted by Gasteiger charge is -2.16. The van der Waals surface area contributed by atoms with Crippen molar-refractivity contribution in [3.8, 4) is 0 Å². The fourth-order valence-corrected chi connectivity index (χ4v) is 3.46. The summed E-state index contributed by atoms with van der Waals surface area (Å²) in [5, 5.41) is 4.92. The first kappa shape index (κ1) is 15.7. The van der Waals surface area contributed by atoms with Gasteiger partial charge in [0.2, 0.25) is 5.28 Å². The lowest BCUT2D eigenvalue weighted by Crippen LogP contribution is -2.28. The number of nitrogens with zero attached hydrogens (tertiary/aromatic N) is 3. The second-order valence-electron chi connectivity index (χ2n) is 5.55. The van der Waals surface area contributed by atoms with Crippen LogP contribution in [0.15, 0.2) is 12.3 Å². The molecule has 1 fully saturated rings. The van der Waals surface area contributed by atoms with E-state index in [1.54, 1.807) is 6.20 Å². The third kappa shape index (κ3) is 3.13. The smallest absolute Gasteiger partial charge is 0.267 e. The van der Waals surface area contributed by atoms with Crippen molar-refractivity contribution in [1.82, 2.24) is 19.9 Å². The second kappa shape index (κ2) is 6.96. The number of carbonyl (C=O) groups excluding carboxylic acids is 1. The first-order chi connectivity index (χ1) is 10.7. The van der Waals surface area contributed by atoms with Crippen LogP contribution in [0.5, 0.6) is 0 Å². The molecule has 0 aromatic carbocycles. The second-order valence-corrected chi connectivity index (χ2v) is 6.69. The molecule has 1 aliphatic carbocycles. The monoisotopic (exact) mass is 384 g/mol. The van der Waals surface area contributed by atoms with Gasteiger partial charge in [-0.1, -0.05) is 28.8 Å². The Kier molecular flexibility index (Phi) is 4.98. The molecular formula is C15H18BrClN4O. The van der Waals surface area contributed by atoms with Crippen LogP contribution in [0.2, 0.25) is 5.28 Å². The van der Waals surface area contributed by atoms with Crippen LogP contribution in [0.4, 0.5) is 0 Å². The van der Waals surface area contributed by atoms with Gasteiger partial charge in [0.1, 0.15) is 11.3 Å². The fraction of sp³-hybridized carbons (Fsp3) is 0.533. The van der Waals surface area contributed by atoms with E-state index in [0.717, 1.165) is 35.6 Å². The predicted octanol–water partition coefficient (Wildman–Crippen LogP) is 3.71. The molecule has 0 radical (unpaired) electrons. The van der Waals surface area contributed by atoms with E-state index < -0.39 is 0 Å². The molecule has 0 aliphatic heterocycles. The topological polar surface area (TPSA) is 59.8 Å². The van der Waals surface area contributed by atoms with Gasteiger partial charge < -0.3 is 9.88 Å². The standard InChI is InChI=1S/C15H18BrClN4O/c16-6-3-7-18-14(22)12-8-10-9-19-15(17)20-13(10)21(12)11-4-1-2-5-11/h8-9,11H,1-7H2,(H,18,22). The summed E-state index contributed by atoms with van der Waals surface area (Å²) in [6.07, 6.45) is 7.12. The summed E-state index contributed by atoms with van der Waals surface area (Å²) in [7, 11) is 0. The lowest BCUT2D eigenvalue weighted by atomic mass is 10.2. The number of halogens is 2. The van der Waals surface area contributed by atoms with Gasteiger partial charge in [-0.05, 0) is 36.9 Å². The van der Waals surface area contributed by atoms with Crippen LogP contribution in [0, 0.1) is 0 Å². The van der Waals surface area contributed by atoms with Gasteiger partial charge in [-0.3, -0.25) is 4.79 Å². The number of hydrogen-bond acceptors (Lipinski definition) is 3. The molecule has 2 aromatic heterocycles. The maximum Gasteiger partial charge on any atom is 0.267 e. The summed E-state index contributed by atoms with van der Waals surface area (Å²) >= 11 is 9.32. The van der Waals surface area contributed by atoms with Gasteiger partial charge >= 0.3 is 0 Å². The van der Waals surface area contributed by atoms with Crippen LogP contribution in [0.1, 0.15) is 48.6 Å². The predicted molar refractivity (Wildman–Crippen MR) is 90.8 cm³/mol. The maximum absolute atomic E-state index is 12.5. The lowest BCUT2D eigenvalue weighted by molar-refractivity contribution is 0.0943. The molecule has 1 amide bonds. The van der Waals surface area contributed by atoms with E-state index in [9.17, 15) is 4.79 Å². The van der Waals surface area contributed by atoms with Crippen molar-refractivity contribution in [3.05, 3.63) is 23.2 Å². The Labute approximate surface area is 142 Å². The first-order valence-corrected chi connectivity index (χ1v) is 9.08. The van der Waals surface area contributed by atoms with Crippen molar-refractivity contribution >= 4 is 44.5 Å². The number of amides is 1. The summed E-state index contributed by atoms with van der Waals surface area (Å²) in [5.74, 6) is -0.0537. The van der Waals surface area contributed by atoms with E-state index >= 15 is 0 Å². The summed E-state index contributed by atoms with van der Waals surface area (Å²) < 4.78 is 2.05. The number of rotatable bonds is 5. The van der Waals surface area contributed by atoms with Crippen LogP contribution in [-0.4, -0.2) is 32.3 Å². The van der Waals surface area contributed by atoms with Gasteiger partial charge in [0.25, 0.3) is 5.91 Å². The Morgan fingerprint density at radius 2 is 2.23 bits per heavy atom. The third-order valence-corrected chi connectivity index (χ3v) is 4.81. The molecule has 1 N–H and O–H groups in total. The number of fused-ring (bicyclic) bond motifs is 1. The molecule has 7 heteroatoms. The highest BCUT2D eigenvalue weighted by atomic mass is 79.9. The molecule has 0 saturated heterocycles. The van der Waals surface area contributed by atoms with E-state index in [0.29, 0.717) is 18.3 Å². The van der Waals surface area contributed by atoms with E-state index in [1.165, 1.54) is 12.8 Å². The van der Waals surface area contributed by atoms with Crippen molar-refractivity contribution < 1.29 is 4.79 Å². The molecule has 118 valence electrons. The molecule has 0 atom stereocenters. The fourth-order valence-electron chi connectivity index (χ4n) is 3.05. The zero-order chi connectivity index (χ0) is 15.5. The Hall–Kier alpha value is -1.14. The highest BCUT2D eigenvalue weighted by Gasteiger charge is 2.25. The molecule has 1 saturated carbocycles. The van der Waals surface area contributed by atoms with Crippen LogP contribution in [0.25, 0.3) is 11.0 Å². The SMILES string of the molecule is O=C(NCCCBr)c1cc2cnc(Cl)nc2n1C1CCCC1. The van der Waals surface area contributed by atoms with E-state index in [-0.39, 0.29) is 11.2 Å². The van der Waals surface area contributed by atoms with Crippen molar-refractivity contribution in [2.45, 2.75) is 38.1 Å². The van der Waals surface area contributed by atoms with Crippen LogP contribution >= 0.6 is 27.5 Å². The zero-order valence-corrected chi connectivity index (χ0v) is 14.5. The molecule has 22 heavy (non-hydrogen) atoms. The Morgan fingerprint density at radius 3 is 2.95 bits per heavy atom. The average molecular weight is 386 g/mol. The maximum atomic E-state index is 12.5. The molecule has 2 aromatic rings. The molecule has 1 aliphatic rings. The van der Waals surface area contributed by atoms with Crippen molar-refractivity contribution in [2.24, 2.45) is 0 Å². The van der Waals surface area contributed by atoms with Crippen molar-refractivity contribution in [3.63, 3.8) is 0 Å². The minimum atomic E-state index is -0.0537. The third-order valence-electron chi connectivity index (χ3n) is 4.06. The van der Waals surface area contributed by atoms with Crippen LogP contribution < -0.4 is 5.32 Å². The Bertz CT molecular complexity index is 681. The van der Waals surface area contributed by atoms with Gasteiger partial charge in [0, 0.05) is 29.5 Å². The highest BCUT2D eigenvalue weighted by molar-refractivity contribution is 9.09. The minimum absolute atomic E-state index is 0.0537. The Balaban J connectivity index is 2.00. The summed E-state index contributed by atoms with van der Waals surface area (Å²) in [5.41, 5.74) is 1.42. The minimum Gasteiger partial charge on any atom is -0.351 e. The molecule has 0 unspecified atom stereocenters. The van der Waals surface area contributed by atoms with E-state index in [1.807, 2.05) is 6.07 Å². The highest BCUT2D eigenvalue weighted by Crippen LogP contribution is 2.34. The first-order valence-electron chi connectivity index (χ1n) is 7.58. The average Bonchev–Trinajstić information content (AvgIpc) is 3.13.